The van der Waals surface area contributed by atoms with Crippen LogP contribution in [0.15, 0.2) is 76.8 Å². The largest absolute Gasteiger partial charge is 0.493 e. The fraction of sp³-hybridized carbons (Fsp3) is 0.350. The van der Waals surface area contributed by atoms with Crippen molar-refractivity contribution in [3.05, 3.63) is 94.6 Å². The van der Waals surface area contributed by atoms with Gasteiger partial charge in [-0.1, -0.05) is 36.4 Å². The average molecular weight is 691 g/mol. The van der Waals surface area contributed by atoms with E-state index >= 15 is 0 Å². The molecule has 51 heavy (non-hydrogen) atoms. The number of fused-ring (bicyclic) bond motifs is 4. The van der Waals surface area contributed by atoms with Crippen molar-refractivity contribution < 1.29 is 33.3 Å². The van der Waals surface area contributed by atoms with Gasteiger partial charge < -0.3 is 33.5 Å². The van der Waals surface area contributed by atoms with E-state index in [9.17, 15) is 9.59 Å². The zero-order valence-corrected chi connectivity index (χ0v) is 29.3. The molecule has 0 spiro atoms. The van der Waals surface area contributed by atoms with Crippen LogP contribution < -0.4 is 18.9 Å². The number of hydrogen-bond acceptors (Lipinski definition) is 9. The first kappa shape index (κ1) is 34.0. The minimum absolute atomic E-state index is 0.0967. The first-order valence-corrected chi connectivity index (χ1v) is 17.1. The van der Waals surface area contributed by atoms with Crippen LogP contribution in [-0.2, 0) is 24.4 Å². The molecule has 3 aromatic rings. The molecule has 11 nitrogen and oxygen atoms in total. The lowest BCUT2D eigenvalue weighted by molar-refractivity contribution is 0.0769. The molecule has 2 amide bonds. The monoisotopic (exact) mass is 690 g/mol. The molecule has 0 unspecified atom stereocenters. The highest BCUT2D eigenvalue weighted by Gasteiger charge is 2.35. The van der Waals surface area contributed by atoms with Gasteiger partial charge in [0.15, 0.2) is 23.0 Å². The fourth-order valence-corrected chi connectivity index (χ4v) is 7.10. The summed E-state index contributed by atoms with van der Waals surface area (Å²) in [7, 11) is 4.81. The van der Waals surface area contributed by atoms with Crippen molar-refractivity contribution in [2.45, 2.75) is 51.0 Å². The van der Waals surface area contributed by atoms with Crippen molar-refractivity contribution in [2.75, 3.05) is 41.0 Å². The Bertz CT molecular complexity index is 1840. The number of amides is 2. The van der Waals surface area contributed by atoms with Crippen molar-refractivity contribution >= 4 is 35.6 Å². The molecule has 2 fully saturated rings. The van der Waals surface area contributed by atoms with Crippen LogP contribution in [0.5, 0.6) is 23.0 Å². The topological polar surface area (TPSA) is 111 Å². The third-order valence-corrected chi connectivity index (χ3v) is 9.62. The van der Waals surface area contributed by atoms with Gasteiger partial charge in [0.25, 0.3) is 11.8 Å². The number of carbonyl (C=O) groups excluding carboxylic acids is 2. The molecule has 264 valence electrons. The Morgan fingerprint density at radius 1 is 0.667 bits per heavy atom. The molecule has 0 aromatic heterocycles. The third-order valence-electron chi connectivity index (χ3n) is 9.62. The molecule has 4 aliphatic heterocycles. The molecule has 2 saturated heterocycles. The van der Waals surface area contributed by atoms with Gasteiger partial charge in [0, 0.05) is 51.4 Å². The quantitative estimate of drug-likeness (QED) is 0.159. The van der Waals surface area contributed by atoms with E-state index < -0.39 is 0 Å². The van der Waals surface area contributed by atoms with Gasteiger partial charge in [0.2, 0.25) is 0 Å². The minimum atomic E-state index is -0.103. The highest BCUT2D eigenvalue weighted by atomic mass is 16.5. The second kappa shape index (κ2) is 14.4. The van der Waals surface area contributed by atoms with Crippen molar-refractivity contribution in [3.8, 4) is 23.0 Å². The third kappa shape index (κ3) is 6.98. The molecule has 3 aromatic carbocycles. The minimum Gasteiger partial charge on any atom is -0.493 e. The number of benzene rings is 3. The molecule has 7 rings (SSSR count). The van der Waals surface area contributed by atoms with Crippen LogP contribution in [0.4, 0.5) is 11.4 Å². The van der Waals surface area contributed by atoms with Gasteiger partial charge in [-0.15, -0.1) is 0 Å². The average Bonchev–Trinajstić information content (AvgIpc) is 3.64. The molecule has 0 N–H and O–H groups in total. The number of rotatable bonds is 12. The maximum Gasteiger partial charge on any atom is 0.257 e. The Labute approximate surface area is 297 Å². The smallest absolute Gasteiger partial charge is 0.257 e. The van der Waals surface area contributed by atoms with Crippen LogP contribution in [0.1, 0.15) is 56.7 Å². The highest BCUT2D eigenvalue weighted by Crippen LogP contribution is 2.40. The fourth-order valence-electron chi connectivity index (χ4n) is 7.10. The summed E-state index contributed by atoms with van der Waals surface area (Å²) >= 11 is 0. The van der Waals surface area contributed by atoms with Gasteiger partial charge >= 0.3 is 0 Å². The van der Waals surface area contributed by atoms with Gasteiger partial charge in [-0.3, -0.25) is 19.6 Å². The van der Waals surface area contributed by atoms with E-state index in [0.717, 1.165) is 40.7 Å². The first-order chi connectivity index (χ1) is 24.7. The summed E-state index contributed by atoms with van der Waals surface area (Å²) in [5, 5.41) is 0. The van der Waals surface area contributed by atoms with Crippen molar-refractivity contribution in [2.24, 2.45) is 9.98 Å². The molecular weight excluding hydrogens is 648 g/mol. The lowest BCUT2D eigenvalue weighted by Crippen LogP contribution is -2.35. The van der Waals surface area contributed by atoms with Gasteiger partial charge in [-0.05, 0) is 60.6 Å². The number of methoxy groups -OCH3 is 3. The molecule has 4 aliphatic rings. The maximum atomic E-state index is 13.4. The summed E-state index contributed by atoms with van der Waals surface area (Å²) in [6.45, 7) is 10.3. The first-order valence-electron chi connectivity index (χ1n) is 17.1. The van der Waals surface area contributed by atoms with Crippen molar-refractivity contribution in [1.29, 1.82) is 0 Å². The lowest BCUT2D eigenvalue weighted by atomic mass is 10.0. The summed E-state index contributed by atoms with van der Waals surface area (Å²) < 4.78 is 29.3. The SMILES string of the molecule is C=C1C[C@H]2C=Nc3cc(OCc4cc(CCCOC)cc(COc5cc6c(cc5OC)C(=O)N5CC(=C)C[C@H]5C=N6)c4)c(OC)cc3C(=O)N2C1. The van der Waals surface area contributed by atoms with E-state index in [1.165, 1.54) is 0 Å². The molecule has 0 aliphatic carbocycles. The summed E-state index contributed by atoms with van der Waals surface area (Å²) in [5.41, 5.74) is 7.05. The summed E-state index contributed by atoms with van der Waals surface area (Å²) in [6, 6.07) is 13.0. The lowest BCUT2D eigenvalue weighted by Gasteiger charge is -2.20. The number of nitrogens with zero attached hydrogens (tertiary/aromatic N) is 4. The molecule has 4 heterocycles. The molecule has 0 radical (unpaired) electrons. The van der Waals surface area contributed by atoms with E-state index in [2.05, 4.69) is 35.3 Å². The normalized spacial score (nSPS) is 19.0. The molecule has 0 bridgehead atoms. The predicted molar refractivity (Wildman–Crippen MR) is 195 cm³/mol. The van der Waals surface area contributed by atoms with Crippen LogP contribution in [0.2, 0.25) is 0 Å². The van der Waals surface area contributed by atoms with E-state index in [4.69, 9.17) is 23.7 Å². The number of ether oxygens (including phenoxy) is 5. The summed E-state index contributed by atoms with van der Waals surface area (Å²) in [4.78, 5) is 39.7. The Balaban J connectivity index is 1.12. The zero-order valence-electron chi connectivity index (χ0n) is 29.3. The predicted octanol–water partition coefficient (Wildman–Crippen LogP) is 6.41. The highest BCUT2D eigenvalue weighted by molar-refractivity contribution is 6.04. The van der Waals surface area contributed by atoms with Crippen LogP contribution in [-0.4, -0.2) is 87.2 Å². The van der Waals surface area contributed by atoms with E-state index in [0.29, 0.717) is 78.0 Å². The number of carbonyl (C=O) groups is 2. The van der Waals surface area contributed by atoms with Gasteiger partial charge in [0.1, 0.15) is 13.2 Å². The van der Waals surface area contributed by atoms with E-state index in [1.54, 1.807) is 55.4 Å². The second-order valence-corrected chi connectivity index (χ2v) is 13.3. The van der Waals surface area contributed by atoms with Crippen LogP contribution in [0, 0.1) is 0 Å². The Morgan fingerprint density at radius 2 is 1.14 bits per heavy atom. The number of aliphatic imine (C=N–C) groups is 2. The second-order valence-electron chi connectivity index (χ2n) is 13.3. The molecular formula is C40H42N4O7. The van der Waals surface area contributed by atoms with Gasteiger partial charge in [-0.25, -0.2) is 0 Å². The molecule has 11 heteroatoms. The standard InChI is InChI=1S/C40H42N4O7/c1-24-9-29-18-41-33-16-37(35(48-4)14-31(33)39(45)43(29)20-24)50-22-27-11-26(7-6-8-47-3)12-28(13-27)23-51-38-17-34-32(15-36(38)49-5)40(46)44-21-25(2)10-30(44)19-42-34/h11-19,29-30H,1-2,6-10,20-23H2,3-5H3/t29-,30-/m0/s1. The van der Waals surface area contributed by atoms with Crippen LogP contribution >= 0.6 is 0 Å². The van der Waals surface area contributed by atoms with Crippen LogP contribution in [0.3, 0.4) is 0 Å². The van der Waals surface area contributed by atoms with Gasteiger partial charge in [-0.2, -0.15) is 0 Å². The molecule has 2 atom stereocenters. The van der Waals surface area contributed by atoms with Crippen molar-refractivity contribution in [1.82, 2.24) is 9.80 Å². The van der Waals surface area contributed by atoms with E-state index in [1.807, 2.05) is 18.5 Å². The van der Waals surface area contributed by atoms with Crippen molar-refractivity contribution in [3.63, 3.8) is 0 Å². The molecule has 0 saturated carbocycles. The summed E-state index contributed by atoms with van der Waals surface area (Å²) in [6.07, 6.45) is 6.71. The van der Waals surface area contributed by atoms with Gasteiger partial charge in [0.05, 0.1) is 48.8 Å². The van der Waals surface area contributed by atoms with Crippen LogP contribution in [0.25, 0.3) is 0 Å². The Morgan fingerprint density at radius 3 is 1.59 bits per heavy atom. The number of aryl methyl sites for hydroxylation is 1. The zero-order chi connectivity index (χ0) is 35.6. The Hall–Kier alpha value is -5.42. The van der Waals surface area contributed by atoms with E-state index in [-0.39, 0.29) is 37.1 Å². The summed E-state index contributed by atoms with van der Waals surface area (Å²) in [5.74, 6) is 1.70. The maximum absolute atomic E-state index is 13.4. The number of hydrogen-bond donors (Lipinski definition) is 0. The Kier molecular flexibility index (Phi) is 9.64.